The number of ether oxygens (including phenoxy) is 1. The lowest BCUT2D eigenvalue weighted by Crippen LogP contribution is -2.45. The minimum Gasteiger partial charge on any atom is -0.370 e. The molecule has 0 bridgehead atoms. The van der Waals surface area contributed by atoms with Gasteiger partial charge in [0.1, 0.15) is 11.9 Å². The molecule has 1 heterocycles. The van der Waals surface area contributed by atoms with E-state index in [0.717, 1.165) is 10.5 Å². The van der Waals surface area contributed by atoms with E-state index in [-0.39, 0.29) is 28.0 Å². The number of thioether (sulfide) groups is 1. The molecule has 150 valence electrons. The Morgan fingerprint density at radius 2 is 1.82 bits per heavy atom. The van der Waals surface area contributed by atoms with E-state index in [2.05, 4.69) is 0 Å². The van der Waals surface area contributed by atoms with Crippen molar-refractivity contribution in [2.75, 3.05) is 26.0 Å². The number of carbonyl (C=O) groups is 1. The lowest BCUT2D eigenvalue weighted by atomic mass is 10.1. The highest BCUT2D eigenvalue weighted by Crippen LogP contribution is 2.28. The summed E-state index contributed by atoms with van der Waals surface area (Å²) in [4.78, 5) is 15.7. The van der Waals surface area contributed by atoms with Gasteiger partial charge in [-0.2, -0.15) is 0 Å². The summed E-state index contributed by atoms with van der Waals surface area (Å²) < 4.78 is 42.0. The summed E-state index contributed by atoms with van der Waals surface area (Å²) in [5.41, 5.74) is 0.837. The zero-order chi connectivity index (χ0) is 20.3. The van der Waals surface area contributed by atoms with Crippen LogP contribution in [-0.4, -0.2) is 50.4 Å². The number of sulfone groups is 1. The number of benzene rings is 2. The van der Waals surface area contributed by atoms with Crippen LogP contribution in [0.15, 0.2) is 58.3 Å². The van der Waals surface area contributed by atoms with Crippen LogP contribution in [0.3, 0.4) is 0 Å². The molecule has 0 N–H and O–H groups in total. The third kappa shape index (κ3) is 5.12. The van der Waals surface area contributed by atoms with Crippen molar-refractivity contribution in [3.63, 3.8) is 0 Å². The Bertz CT molecular complexity index is 930. The summed E-state index contributed by atoms with van der Waals surface area (Å²) in [5.74, 6) is -0.309. The molecule has 2 unspecified atom stereocenters. The van der Waals surface area contributed by atoms with Crippen LogP contribution in [0, 0.1) is 5.82 Å². The van der Waals surface area contributed by atoms with Gasteiger partial charge in [0.25, 0.3) is 0 Å². The van der Waals surface area contributed by atoms with E-state index in [9.17, 15) is 17.6 Å². The summed E-state index contributed by atoms with van der Waals surface area (Å²) in [6.07, 6.45) is 0.869. The standard InChI is InChI=1S/C20H22FNO4S2/c1-14(27-17-7-5-16(21)6-8-17)20(23)22-11-12-26-19(13-22)15-3-9-18(10-4-15)28(2,24)25/h3-10,14,19H,11-13H2,1-2H3. The van der Waals surface area contributed by atoms with E-state index >= 15 is 0 Å². The van der Waals surface area contributed by atoms with Gasteiger partial charge in [0.2, 0.25) is 5.91 Å². The van der Waals surface area contributed by atoms with E-state index in [1.54, 1.807) is 41.3 Å². The predicted molar refractivity (Wildman–Crippen MR) is 107 cm³/mol. The topological polar surface area (TPSA) is 63.7 Å². The minimum atomic E-state index is -3.25. The van der Waals surface area contributed by atoms with Gasteiger partial charge in [-0.05, 0) is 48.9 Å². The summed E-state index contributed by atoms with van der Waals surface area (Å²) in [6, 6.07) is 12.7. The highest BCUT2D eigenvalue weighted by Gasteiger charge is 2.28. The minimum absolute atomic E-state index is 0.00428. The molecular formula is C20H22FNO4S2. The van der Waals surface area contributed by atoms with Crippen LogP contribution < -0.4 is 0 Å². The molecule has 0 radical (unpaired) electrons. The lowest BCUT2D eigenvalue weighted by Gasteiger charge is -2.34. The maximum Gasteiger partial charge on any atom is 0.235 e. The Hall–Kier alpha value is -1.90. The van der Waals surface area contributed by atoms with Crippen molar-refractivity contribution in [1.29, 1.82) is 0 Å². The first-order valence-electron chi connectivity index (χ1n) is 8.86. The number of morpholine rings is 1. The Balaban J connectivity index is 1.65. The molecule has 5 nitrogen and oxygen atoms in total. The molecular weight excluding hydrogens is 401 g/mol. The van der Waals surface area contributed by atoms with Crippen LogP contribution in [0.25, 0.3) is 0 Å². The first kappa shape index (κ1) is 20.8. The molecule has 0 spiro atoms. The first-order valence-corrected chi connectivity index (χ1v) is 11.6. The number of rotatable bonds is 5. The number of amides is 1. The van der Waals surface area contributed by atoms with Crippen molar-refractivity contribution in [2.45, 2.75) is 28.1 Å². The Labute approximate surface area is 168 Å². The molecule has 0 aromatic heterocycles. The lowest BCUT2D eigenvalue weighted by molar-refractivity contribution is -0.138. The van der Waals surface area contributed by atoms with E-state index < -0.39 is 9.84 Å². The van der Waals surface area contributed by atoms with Crippen LogP contribution >= 0.6 is 11.8 Å². The van der Waals surface area contributed by atoms with E-state index in [1.807, 2.05) is 6.92 Å². The second-order valence-corrected chi connectivity index (χ2v) is 10.1. The zero-order valence-electron chi connectivity index (χ0n) is 15.7. The molecule has 1 aliphatic rings. The van der Waals surface area contributed by atoms with E-state index in [4.69, 9.17) is 4.74 Å². The molecule has 28 heavy (non-hydrogen) atoms. The molecule has 2 aromatic rings. The zero-order valence-corrected chi connectivity index (χ0v) is 17.3. The molecule has 8 heteroatoms. The number of hydrogen-bond donors (Lipinski definition) is 0. The smallest absolute Gasteiger partial charge is 0.235 e. The van der Waals surface area contributed by atoms with Gasteiger partial charge in [-0.25, -0.2) is 12.8 Å². The Morgan fingerprint density at radius 1 is 1.18 bits per heavy atom. The maximum absolute atomic E-state index is 13.0. The van der Waals surface area contributed by atoms with Crippen molar-refractivity contribution < 1.29 is 22.3 Å². The number of hydrogen-bond acceptors (Lipinski definition) is 5. The molecule has 1 amide bonds. The molecule has 2 atom stereocenters. The Morgan fingerprint density at radius 3 is 2.43 bits per heavy atom. The van der Waals surface area contributed by atoms with Crippen molar-refractivity contribution in [1.82, 2.24) is 4.90 Å². The second kappa shape index (κ2) is 8.63. The number of carbonyl (C=O) groups excluding carboxylic acids is 1. The summed E-state index contributed by atoms with van der Waals surface area (Å²) in [5, 5.41) is -0.308. The van der Waals surface area contributed by atoms with Crippen LogP contribution in [0.5, 0.6) is 0 Å². The highest BCUT2D eigenvalue weighted by molar-refractivity contribution is 8.00. The van der Waals surface area contributed by atoms with Crippen LogP contribution in [0.1, 0.15) is 18.6 Å². The van der Waals surface area contributed by atoms with Gasteiger partial charge in [0.05, 0.1) is 23.3 Å². The second-order valence-electron chi connectivity index (χ2n) is 6.70. The van der Waals surface area contributed by atoms with E-state index in [1.165, 1.54) is 30.2 Å². The third-order valence-corrected chi connectivity index (χ3v) is 6.76. The van der Waals surface area contributed by atoms with Crippen molar-refractivity contribution in [3.8, 4) is 0 Å². The van der Waals surface area contributed by atoms with Gasteiger partial charge in [0, 0.05) is 17.7 Å². The molecule has 2 aromatic carbocycles. The summed E-state index contributed by atoms with van der Waals surface area (Å²) in [7, 11) is -3.25. The maximum atomic E-state index is 13.0. The van der Waals surface area contributed by atoms with Crippen LogP contribution in [0.4, 0.5) is 4.39 Å². The molecule has 1 saturated heterocycles. The van der Waals surface area contributed by atoms with Gasteiger partial charge >= 0.3 is 0 Å². The van der Waals surface area contributed by atoms with E-state index in [0.29, 0.717) is 19.7 Å². The summed E-state index contributed by atoms with van der Waals surface area (Å²) >= 11 is 1.39. The van der Waals surface area contributed by atoms with Crippen LogP contribution in [-0.2, 0) is 19.4 Å². The fourth-order valence-electron chi connectivity index (χ4n) is 3.01. The van der Waals surface area contributed by atoms with Gasteiger partial charge in [-0.15, -0.1) is 11.8 Å². The third-order valence-electron chi connectivity index (χ3n) is 4.53. The predicted octanol–water partition coefficient (Wildman–Crippen LogP) is 3.31. The van der Waals surface area contributed by atoms with Crippen molar-refractivity contribution in [3.05, 3.63) is 59.9 Å². The highest BCUT2D eigenvalue weighted by atomic mass is 32.2. The van der Waals surface area contributed by atoms with Gasteiger partial charge in [-0.1, -0.05) is 12.1 Å². The molecule has 3 rings (SSSR count). The van der Waals surface area contributed by atoms with Gasteiger partial charge in [0.15, 0.2) is 9.84 Å². The van der Waals surface area contributed by atoms with Gasteiger partial charge in [-0.3, -0.25) is 4.79 Å². The fraction of sp³-hybridized carbons (Fsp3) is 0.350. The number of nitrogens with zero attached hydrogens (tertiary/aromatic N) is 1. The first-order chi connectivity index (χ1) is 13.2. The monoisotopic (exact) mass is 423 g/mol. The van der Waals surface area contributed by atoms with Crippen LogP contribution in [0.2, 0.25) is 0 Å². The average Bonchev–Trinajstić information content (AvgIpc) is 2.68. The van der Waals surface area contributed by atoms with Crippen molar-refractivity contribution in [2.24, 2.45) is 0 Å². The molecule has 0 saturated carbocycles. The fourth-order valence-corrected chi connectivity index (χ4v) is 4.59. The summed E-state index contributed by atoms with van der Waals surface area (Å²) in [6.45, 7) is 3.16. The van der Waals surface area contributed by atoms with Gasteiger partial charge < -0.3 is 9.64 Å². The Kier molecular flexibility index (Phi) is 6.42. The molecule has 1 fully saturated rings. The molecule has 1 aliphatic heterocycles. The quantitative estimate of drug-likeness (QED) is 0.691. The van der Waals surface area contributed by atoms with Crippen molar-refractivity contribution >= 4 is 27.5 Å². The largest absolute Gasteiger partial charge is 0.370 e. The number of halogens is 1. The average molecular weight is 424 g/mol. The normalized spacial score (nSPS) is 18.7. The molecule has 0 aliphatic carbocycles. The SMILES string of the molecule is CC(Sc1ccc(F)cc1)C(=O)N1CCOC(c2ccc(S(C)(=O)=O)cc2)C1.